The Morgan fingerprint density at radius 2 is 2.03 bits per heavy atom. The second kappa shape index (κ2) is 14.7. The minimum Gasteiger partial charge on any atom is -0.493 e. The molecule has 1 aromatic carbocycles. The van der Waals surface area contributed by atoms with E-state index in [1.165, 1.54) is 0 Å². The normalized spacial score (nSPS) is 10.8. The van der Waals surface area contributed by atoms with E-state index in [0.717, 1.165) is 17.9 Å². The molecule has 3 N–H and O–H groups in total. The lowest BCUT2D eigenvalue weighted by molar-refractivity contribution is -0.119. The van der Waals surface area contributed by atoms with Crippen molar-refractivity contribution < 1.29 is 18.7 Å². The number of nitrogens with one attached hydrogen (secondary N) is 3. The highest BCUT2D eigenvalue weighted by molar-refractivity contribution is 14.0. The van der Waals surface area contributed by atoms with Gasteiger partial charge in [0, 0.05) is 38.4 Å². The molecule has 0 aliphatic carbocycles. The third kappa shape index (κ3) is 10.2. The molecule has 8 nitrogen and oxygen atoms in total. The fourth-order valence-electron chi connectivity index (χ4n) is 2.31. The molecule has 0 bridgehead atoms. The molecule has 1 aromatic heterocycles. The first-order chi connectivity index (χ1) is 13.7. The maximum Gasteiger partial charge on any atom is 0.242 e. The highest BCUT2D eigenvalue weighted by Gasteiger charge is 2.05. The molecule has 0 saturated carbocycles. The predicted molar refractivity (Wildman–Crippen MR) is 124 cm³/mol. The molecule has 0 spiro atoms. The SMILES string of the molecule is CCNC(=NCC(=O)NCc1ccco1)Nc1cccc(OCCCOC)c1.I. The van der Waals surface area contributed by atoms with E-state index in [4.69, 9.17) is 13.9 Å². The highest BCUT2D eigenvalue weighted by atomic mass is 127. The number of anilines is 1. The summed E-state index contributed by atoms with van der Waals surface area (Å²) in [5.41, 5.74) is 0.819. The van der Waals surface area contributed by atoms with E-state index >= 15 is 0 Å². The lowest BCUT2D eigenvalue weighted by Gasteiger charge is -2.13. The van der Waals surface area contributed by atoms with Crippen LogP contribution in [0.1, 0.15) is 19.1 Å². The van der Waals surface area contributed by atoms with Crippen molar-refractivity contribution in [3.05, 3.63) is 48.4 Å². The summed E-state index contributed by atoms with van der Waals surface area (Å²) in [5.74, 6) is 1.79. The van der Waals surface area contributed by atoms with Crippen LogP contribution in [-0.4, -0.2) is 45.3 Å². The van der Waals surface area contributed by atoms with Gasteiger partial charge in [0.25, 0.3) is 0 Å². The summed E-state index contributed by atoms with van der Waals surface area (Å²) >= 11 is 0. The number of hydrogen-bond donors (Lipinski definition) is 3. The van der Waals surface area contributed by atoms with Gasteiger partial charge in [-0.2, -0.15) is 0 Å². The van der Waals surface area contributed by atoms with E-state index in [1.54, 1.807) is 25.5 Å². The van der Waals surface area contributed by atoms with Crippen LogP contribution in [0.15, 0.2) is 52.1 Å². The molecule has 0 aliphatic heterocycles. The first-order valence-corrected chi connectivity index (χ1v) is 9.27. The van der Waals surface area contributed by atoms with Crippen molar-refractivity contribution in [3.8, 4) is 5.75 Å². The zero-order chi connectivity index (χ0) is 20.0. The molecule has 2 aromatic rings. The molecule has 0 atom stereocenters. The molecule has 1 heterocycles. The van der Waals surface area contributed by atoms with Gasteiger partial charge in [-0.1, -0.05) is 6.07 Å². The number of halogens is 1. The zero-order valence-electron chi connectivity index (χ0n) is 16.8. The van der Waals surface area contributed by atoms with Crippen LogP contribution in [-0.2, 0) is 16.1 Å². The van der Waals surface area contributed by atoms with Gasteiger partial charge in [-0.05, 0) is 31.2 Å². The van der Waals surface area contributed by atoms with Crippen molar-refractivity contribution >= 4 is 41.5 Å². The first-order valence-electron chi connectivity index (χ1n) is 9.27. The van der Waals surface area contributed by atoms with Crippen LogP contribution in [0.3, 0.4) is 0 Å². The third-order valence-corrected chi connectivity index (χ3v) is 3.62. The minimum atomic E-state index is -0.191. The number of furan rings is 1. The van der Waals surface area contributed by atoms with Gasteiger partial charge in [-0.15, -0.1) is 24.0 Å². The Morgan fingerprint density at radius 1 is 1.17 bits per heavy atom. The second-order valence-electron chi connectivity index (χ2n) is 5.90. The molecule has 160 valence electrons. The van der Waals surface area contributed by atoms with Crippen molar-refractivity contribution in [2.75, 3.05) is 38.7 Å². The number of guanidine groups is 1. The number of rotatable bonds is 11. The van der Waals surface area contributed by atoms with Crippen molar-refractivity contribution in [1.29, 1.82) is 0 Å². The molecule has 0 aliphatic rings. The van der Waals surface area contributed by atoms with E-state index in [0.29, 0.717) is 38.0 Å². The molecule has 0 fully saturated rings. The van der Waals surface area contributed by atoms with Gasteiger partial charge < -0.3 is 29.8 Å². The fraction of sp³-hybridized carbons (Fsp3) is 0.400. The van der Waals surface area contributed by atoms with E-state index in [1.807, 2.05) is 31.2 Å². The van der Waals surface area contributed by atoms with E-state index in [9.17, 15) is 4.79 Å². The maximum atomic E-state index is 12.0. The number of amides is 1. The standard InChI is InChI=1S/C20H28N4O4.HI/c1-3-21-20(23-15-19(25)22-14-18-9-5-11-28-18)24-16-7-4-8-17(13-16)27-12-6-10-26-2;/h4-5,7-9,11,13H,3,6,10,12,14-15H2,1-2H3,(H,22,25)(H2,21,23,24);1H. The topological polar surface area (TPSA) is 97.1 Å². The maximum absolute atomic E-state index is 12.0. The van der Waals surface area contributed by atoms with Crippen LogP contribution in [0, 0.1) is 0 Å². The summed E-state index contributed by atoms with van der Waals surface area (Å²) in [7, 11) is 1.67. The van der Waals surface area contributed by atoms with Crippen LogP contribution in [0.25, 0.3) is 0 Å². The molecule has 2 rings (SSSR count). The number of hydrogen-bond acceptors (Lipinski definition) is 5. The minimum absolute atomic E-state index is 0. The van der Waals surface area contributed by atoms with Crippen molar-refractivity contribution in [3.63, 3.8) is 0 Å². The van der Waals surface area contributed by atoms with Crippen LogP contribution >= 0.6 is 24.0 Å². The number of ether oxygens (including phenoxy) is 2. The number of aliphatic imine (C=N–C) groups is 1. The number of carbonyl (C=O) groups excluding carboxylic acids is 1. The molecule has 9 heteroatoms. The van der Waals surface area contributed by atoms with Gasteiger partial charge in [0.1, 0.15) is 18.1 Å². The number of nitrogens with zero attached hydrogens (tertiary/aromatic N) is 1. The molecule has 1 amide bonds. The number of benzene rings is 1. The van der Waals surface area contributed by atoms with Crippen LogP contribution in [0.2, 0.25) is 0 Å². The second-order valence-corrected chi connectivity index (χ2v) is 5.90. The summed E-state index contributed by atoms with van der Waals surface area (Å²) in [6.45, 7) is 4.23. The van der Waals surface area contributed by atoms with Gasteiger partial charge in [-0.25, -0.2) is 4.99 Å². The van der Waals surface area contributed by atoms with Crippen LogP contribution in [0.5, 0.6) is 5.75 Å². The zero-order valence-corrected chi connectivity index (χ0v) is 19.1. The Balaban J connectivity index is 0.00000420. The summed E-state index contributed by atoms with van der Waals surface area (Å²) in [6.07, 6.45) is 2.40. The van der Waals surface area contributed by atoms with Crippen molar-refractivity contribution in [1.82, 2.24) is 10.6 Å². The largest absolute Gasteiger partial charge is 0.493 e. The van der Waals surface area contributed by atoms with E-state index in [2.05, 4.69) is 20.9 Å². The Hall–Kier alpha value is -2.27. The molecule has 0 radical (unpaired) electrons. The summed E-state index contributed by atoms with van der Waals surface area (Å²) in [6, 6.07) is 11.2. The Kier molecular flexibility index (Phi) is 12.5. The monoisotopic (exact) mass is 516 g/mol. The van der Waals surface area contributed by atoms with Crippen molar-refractivity contribution in [2.45, 2.75) is 19.9 Å². The summed E-state index contributed by atoms with van der Waals surface area (Å²) in [4.78, 5) is 16.3. The van der Waals surface area contributed by atoms with E-state index in [-0.39, 0.29) is 36.4 Å². The quantitative estimate of drug-likeness (QED) is 0.184. The molecule has 29 heavy (non-hydrogen) atoms. The van der Waals surface area contributed by atoms with Gasteiger partial charge in [0.2, 0.25) is 5.91 Å². The molecule has 0 saturated heterocycles. The molecular formula is C20H29IN4O4. The van der Waals surface area contributed by atoms with Gasteiger partial charge in [0.05, 0.1) is 19.4 Å². The smallest absolute Gasteiger partial charge is 0.242 e. The summed E-state index contributed by atoms with van der Waals surface area (Å²) in [5, 5.41) is 9.06. The summed E-state index contributed by atoms with van der Waals surface area (Å²) < 4.78 is 15.9. The lowest BCUT2D eigenvalue weighted by Crippen LogP contribution is -2.33. The average Bonchev–Trinajstić information content (AvgIpc) is 3.22. The van der Waals surface area contributed by atoms with Crippen LogP contribution < -0.4 is 20.7 Å². The number of carbonyl (C=O) groups is 1. The third-order valence-electron chi connectivity index (χ3n) is 3.62. The van der Waals surface area contributed by atoms with Gasteiger partial charge in [0.15, 0.2) is 5.96 Å². The van der Waals surface area contributed by atoms with E-state index < -0.39 is 0 Å². The molecular weight excluding hydrogens is 487 g/mol. The predicted octanol–water partition coefficient (Wildman–Crippen LogP) is 3.01. The first kappa shape index (κ1) is 24.8. The Morgan fingerprint density at radius 3 is 2.76 bits per heavy atom. The highest BCUT2D eigenvalue weighted by Crippen LogP contribution is 2.17. The fourth-order valence-corrected chi connectivity index (χ4v) is 2.31. The lowest BCUT2D eigenvalue weighted by atomic mass is 10.3. The van der Waals surface area contributed by atoms with Gasteiger partial charge in [-0.3, -0.25) is 4.79 Å². The number of methoxy groups -OCH3 is 1. The van der Waals surface area contributed by atoms with Crippen LogP contribution in [0.4, 0.5) is 5.69 Å². The Labute approximate surface area is 188 Å². The van der Waals surface area contributed by atoms with Gasteiger partial charge >= 0.3 is 0 Å². The average molecular weight is 516 g/mol. The Bertz CT molecular complexity index is 738. The van der Waals surface area contributed by atoms with Crippen molar-refractivity contribution in [2.24, 2.45) is 4.99 Å². The molecule has 0 unspecified atom stereocenters.